The first-order valence-corrected chi connectivity index (χ1v) is 6.00. The van der Waals surface area contributed by atoms with Crippen LogP contribution in [0.25, 0.3) is 0 Å². The van der Waals surface area contributed by atoms with E-state index in [1.807, 2.05) is 30.7 Å². The third kappa shape index (κ3) is 3.34. The number of halogens is 1. The number of carbonyl (C=O) groups excluding carboxylic acids is 1. The maximum absolute atomic E-state index is 12.7. The molecule has 2 rings (SSSR count). The largest absolute Gasteiger partial charge is 0.325 e. The van der Waals surface area contributed by atoms with Crippen LogP contribution in [0.1, 0.15) is 11.4 Å². The van der Waals surface area contributed by atoms with E-state index in [1.54, 1.807) is 0 Å². The highest BCUT2D eigenvalue weighted by atomic mass is 19.1. The van der Waals surface area contributed by atoms with Gasteiger partial charge in [0.15, 0.2) is 0 Å². The summed E-state index contributed by atoms with van der Waals surface area (Å²) in [6, 6.07) is 9.62. The summed E-state index contributed by atoms with van der Waals surface area (Å²) in [7, 11) is 0. The SMILES string of the molecule is Cc1ccc(C)n1NCC(=O)Nc1ccc(F)cc1. The second-order valence-electron chi connectivity index (χ2n) is 4.34. The number of hydrogen-bond donors (Lipinski definition) is 2. The van der Waals surface area contributed by atoms with Crippen molar-refractivity contribution in [3.05, 3.63) is 53.6 Å². The lowest BCUT2D eigenvalue weighted by Crippen LogP contribution is -2.28. The van der Waals surface area contributed by atoms with Gasteiger partial charge in [0.1, 0.15) is 12.4 Å². The molecule has 1 aromatic heterocycles. The van der Waals surface area contributed by atoms with Crippen molar-refractivity contribution in [2.45, 2.75) is 13.8 Å². The first kappa shape index (κ1) is 13.1. The van der Waals surface area contributed by atoms with E-state index in [2.05, 4.69) is 10.7 Å². The zero-order valence-corrected chi connectivity index (χ0v) is 10.9. The number of rotatable bonds is 4. The molecule has 0 aliphatic rings. The summed E-state index contributed by atoms with van der Waals surface area (Å²) < 4.78 is 14.6. The summed E-state index contributed by atoms with van der Waals surface area (Å²) in [6.07, 6.45) is 0. The van der Waals surface area contributed by atoms with Crippen molar-refractivity contribution in [2.75, 3.05) is 17.3 Å². The van der Waals surface area contributed by atoms with Crippen LogP contribution in [0, 0.1) is 19.7 Å². The lowest BCUT2D eigenvalue weighted by atomic mass is 10.3. The molecule has 100 valence electrons. The van der Waals surface area contributed by atoms with Crippen molar-refractivity contribution < 1.29 is 9.18 Å². The van der Waals surface area contributed by atoms with Crippen molar-refractivity contribution in [2.24, 2.45) is 0 Å². The monoisotopic (exact) mass is 261 g/mol. The zero-order valence-electron chi connectivity index (χ0n) is 10.9. The quantitative estimate of drug-likeness (QED) is 0.888. The standard InChI is InChI=1S/C14H16FN3O/c1-10-3-4-11(2)18(10)16-9-14(19)17-13-7-5-12(15)6-8-13/h3-8,16H,9H2,1-2H3,(H,17,19). The van der Waals surface area contributed by atoms with Crippen molar-refractivity contribution in [1.82, 2.24) is 4.68 Å². The lowest BCUT2D eigenvalue weighted by Gasteiger charge is -2.12. The van der Waals surface area contributed by atoms with Crippen molar-refractivity contribution >= 4 is 11.6 Å². The molecule has 19 heavy (non-hydrogen) atoms. The molecule has 0 unspecified atom stereocenters. The van der Waals surface area contributed by atoms with E-state index in [0.29, 0.717) is 5.69 Å². The molecule has 0 bridgehead atoms. The fraction of sp³-hybridized carbons (Fsp3) is 0.214. The molecule has 0 aliphatic heterocycles. The minimum Gasteiger partial charge on any atom is -0.325 e. The fourth-order valence-corrected chi connectivity index (χ4v) is 1.81. The first-order chi connectivity index (χ1) is 9.06. The van der Waals surface area contributed by atoms with Crippen LogP contribution < -0.4 is 10.7 Å². The number of anilines is 1. The maximum atomic E-state index is 12.7. The van der Waals surface area contributed by atoms with Gasteiger partial charge >= 0.3 is 0 Å². The molecule has 0 fully saturated rings. The second-order valence-corrected chi connectivity index (χ2v) is 4.34. The van der Waals surface area contributed by atoms with E-state index < -0.39 is 0 Å². The highest BCUT2D eigenvalue weighted by molar-refractivity contribution is 5.92. The molecule has 1 heterocycles. The van der Waals surface area contributed by atoms with Crippen LogP contribution in [0.5, 0.6) is 0 Å². The fourth-order valence-electron chi connectivity index (χ4n) is 1.81. The van der Waals surface area contributed by atoms with Crippen molar-refractivity contribution in [3.8, 4) is 0 Å². The van der Waals surface area contributed by atoms with Crippen LogP contribution in [0.3, 0.4) is 0 Å². The number of carbonyl (C=O) groups is 1. The molecule has 5 heteroatoms. The number of aryl methyl sites for hydroxylation is 2. The number of hydrogen-bond acceptors (Lipinski definition) is 2. The first-order valence-electron chi connectivity index (χ1n) is 6.00. The number of nitrogens with one attached hydrogen (secondary N) is 2. The van der Waals surface area contributed by atoms with E-state index in [4.69, 9.17) is 0 Å². The summed E-state index contributed by atoms with van der Waals surface area (Å²) in [5.41, 5.74) is 5.67. The van der Waals surface area contributed by atoms with Crippen LogP contribution in [0.15, 0.2) is 36.4 Å². The molecule has 2 aromatic rings. The molecule has 0 radical (unpaired) electrons. The van der Waals surface area contributed by atoms with Gasteiger partial charge in [0, 0.05) is 17.1 Å². The molecule has 0 aliphatic carbocycles. The van der Waals surface area contributed by atoms with Gasteiger partial charge in [0.05, 0.1) is 0 Å². The van der Waals surface area contributed by atoms with Crippen LogP contribution in [0.4, 0.5) is 10.1 Å². The molecule has 0 saturated carbocycles. The molecule has 0 atom stereocenters. The smallest absolute Gasteiger partial charge is 0.245 e. The van der Waals surface area contributed by atoms with Gasteiger partial charge < -0.3 is 10.7 Å². The minimum atomic E-state index is -0.324. The predicted molar refractivity (Wildman–Crippen MR) is 73.2 cm³/mol. The van der Waals surface area contributed by atoms with Crippen molar-refractivity contribution in [1.29, 1.82) is 0 Å². The van der Waals surface area contributed by atoms with E-state index in [1.165, 1.54) is 24.3 Å². The van der Waals surface area contributed by atoms with Gasteiger partial charge in [0.25, 0.3) is 0 Å². The Hall–Kier alpha value is -2.30. The number of nitrogens with zero attached hydrogens (tertiary/aromatic N) is 1. The van der Waals surface area contributed by atoms with Gasteiger partial charge in [-0.2, -0.15) is 0 Å². The van der Waals surface area contributed by atoms with Gasteiger partial charge in [-0.15, -0.1) is 0 Å². The van der Waals surface area contributed by atoms with Gasteiger partial charge in [0.2, 0.25) is 5.91 Å². The Morgan fingerprint density at radius 3 is 2.26 bits per heavy atom. The Balaban J connectivity index is 1.90. The topological polar surface area (TPSA) is 46.1 Å². The Morgan fingerprint density at radius 2 is 1.68 bits per heavy atom. The van der Waals surface area contributed by atoms with Gasteiger partial charge in [-0.25, -0.2) is 4.39 Å². The molecule has 1 amide bonds. The predicted octanol–water partition coefficient (Wildman–Crippen LogP) is 2.43. The number of aromatic nitrogens is 1. The summed E-state index contributed by atoms with van der Waals surface area (Å²) in [5.74, 6) is -0.506. The van der Waals surface area contributed by atoms with Gasteiger partial charge in [-0.3, -0.25) is 9.47 Å². The van der Waals surface area contributed by atoms with E-state index in [0.717, 1.165) is 11.4 Å². The third-order valence-corrected chi connectivity index (χ3v) is 2.80. The van der Waals surface area contributed by atoms with Crippen LogP contribution in [-0.2, 0) is 4.79 Å². The molecule has 0 spiro atoms. The maximum Gasteiger partial charge on any atom is 0.245 e. The van der Waals surface area contributed by atoms with Crippen LogP contribution >= 0.6 is 0 Å². The van der Waals surface area contributed by atoms with Gasteiger partial charge in [-0.1, -0.05) is 0 Å². The van der Waals surface area contributed by atoms with Gasteiger partial charge in [-0.05, 0) is 50.2 Å². The summed E-state index contributed by atoms with van der Waals surface area (Å²) in [6.45, 7) is 4.06. The number of amides is 1. The summed E-state index contributed by atoms with van der Waals surface area (Å²) in [5, 5.41) is 2.69. The summed E-state index contributed by atoms with van der Waals surface area (Å²) in [4.78, 5) is 11.7. The molecule has 1 aromatic carbocycles. The lowest BCUT2D eigenvalue weighted by molar-refractivity contribution is -0.114. The second kappa shape index (κ2) is 5.56. The minimum absolute atomic E-state index is 0.147. The number of benzene rings is 1. The summed E-state index contributed by atoms with van der Waals surface area (Å²) >= 11 is 0. The van der Waals surface area contributed by atoms with E-state index in [-0.39, 0.29) is 18.3 Å². The molecule has 2 N–H and O–H groups in total. The van der Waals surface area contributed by atoms with E-state index in [9.17, 15) is 9.18 Å². The Labute approximate surface area is 111 Å². The highest BCUT2D eigenvalue weighted by Gasteiger charge is 2.04. The zero-order chi connectivity index (χ0) is 13.8. The van der Waals surface area contributed by atoms with Crippen LogP contribution in [-0.4, -0.2) is 17.1 Å². The molecule has 0 saturated heterocycles. The normalized spacial score (nSPS) is 10.3. The molecular formula is C14H16FN3O. The average molecular weight is 261 g/mol. The average Bonchev–Trinajstić information content (AvgIpc) is 2.70. The van der Waals surface area contributed by atoms with E-state index >= 15 is 0 Å². The Kier molecular flexibility index (Phi) is 3.85. The molecular weight excluding hydrogens is 245 g/mol. The third-order valence-electron chi connectivity index (χ3n) is 2.80. The van der Waals surface area contributed by atoms with Crippen molar-refractivity contribution in [3.63, 3.8) is 0 Å². The van der Waals surface area contributed by atoms with Crippen LogP contribution in [0.2, 0.25) is 0 Å². The Bertz CT molecular complexity index is 555. The molecule has 4 nitrogen and oxygen atoms in total. The Morgan fingerprint density at radius 1 is 1.11 bits per heavy atom. The highest BCUT2D eigenvalue weighted by Crippen LogP contribution is 2.08.